The Kier molecular flexibility index (Phi) is 7.21. The van der Waals surface area contributed by atoms with Crippen LogP contribution < -0.4 is 10.5 Å². The second-order valence-corrected chi connectivity index (χ2v) is 8.95. The van der Waals surface area contributed by atoms with Gasteiger partial charge in [0.1, 0.15) is 11.9 Å². The van der Waals surface area contributed by atoms with Gasteiger partial charge in [-0.25, -0.2) is 4.39 Å². The van der Waals surface area contributed by atoms with Crippen LogP contribution in [0.4, 0.5) is 10.2 Å². The molecule has 1 fully saturated rings. The lowest BCUT2D eigenvalue weighted by Crippen LogP contribution is -2.47. The molecule has 1 amide bonds. The van der Waals surface area contributed by atoms with Crippen LogP contribution in [0.5, 0.6) is 5.75 Å². The quantitative estimate of drug-likeness (QED) is 0.508. The number of aromatic nitrogens is 2. The number of amides is 1. The third kappa shape index (κ3) is 5.09. The molecule has 7 nitrogen and oxygen atoms in total. The van der Waals surface area contributed by atoms with E-state index in [0.29, 0.717) is 29.9 Å². The zero-order valence-corrected chi connectivity index (χ0v) is 20.3. The molecule has 1 atom stereocenters. The van der Waals surface area contributed by atoms with E-state index in [0.717, 1.165) is 18.7 Å². The zero-order chi connectivity index (χ0) is 24.4. The van der Waals surface area contributed by atoms with Gasteiger partial charge in [0.05, 0.1) is 10.7 Å². The highest BCUT2D eigenvalue weighted by molar-refractivity contribution is 6.36. The number of hydrogen-bond acceptors (Lipinski definition) is 6. The van der Waals surface area contributed by atoms with Crippen molar-refractivity contribution in [2.75, 3.05) is 39.0 Å². The van der Waals surface area contributed by atoms with E-state index >= 15 is 0 Å². The maximum atomic E-state index is 13.9. The Labute approximate surface area is 207 Å². The summed E-state index contributed by atoms with van der Waals surface area (Å²) in [6.45, 7) is 4.82. The van der Waals surface area contributed by atoms with E-state index in [1.807, 2.05) is 11.9 Å². The Bertz CT molecular complexity index is 1200. The number of hydrogen-bond donors (Lipinski definition) is 1. The summed E-state index contributed by atoms with van der Waals surface area (Å²) in [5.41, 5.74) is 8.13. The highest BCUT2D eigenvalue weighted by Crippen LogP contribution is 2.36. The lowest BCUT2D eigenvalue weighted by Gasteiger charge is -2.32. The Balaban J connectivity index is 1.53. The van der Waals surface area contributed by atoms with Crippen molar-refractivity contribution < 1.29 is 13.9 Å². The van der Waals surface area contributed by atoms with Crippen LogP contribution in [0.15, 0.2) is 42.5 Å². The van der Waals surface area contributed by atoms with Crippen molar-refractivity contribution >= 4 is 34.9 Å². The van der Waals surface area contributed by atoms with Gasteiger partial charge in [-0.15, -0.1) is 10.2 Å². The zero-order valence-electron chi connectivity index (χ0n) is 18.8. The molecule has 2 N–H and O–H groups in total. The van der Waals surface area contributed by atoms with Gasteiger partial charge in [0.2, 0.25) is 0 Å². The summed E-state index contributed by atoms with van der Waals surface area (Å²) >= 11 is 12.3. The van der Waals surface area contributed by atoms with E-state index in [1.165, 1.54) is 12.1 Å². The second-order valence-electron chi connectivity index (χ2n) is 8.17. The van der Waals surface area contributed by atoms with Crippen LogP contribution in [0.2, 0.25) is 10.0 Å². The molecule has 0 aliphatic carbocycles. The molecule has 1 aliphatic rings. The number of ether oxygens (including phenoxy) is 1. The summed E-state index contributed by atoms with van der Waals surface area (Å²) < 4.78 is 19.9. The van der Waals surface area contributed by atoms with Crippen molar-refractivity contribution in [1.29, 1.82) is 0 Å². The van der Waals surface area contributed by atoms with Crippen LogP contribution in [0.1, 0.15) is 28.9 Å². The van der Waals surface area contributed by atoms with Crippen LogP contribution in [0, 0.1) is 5.82 Å². The topological polar surface area (TPSA) is 84.6 Å². The molecule has 0 saturated carbocycles. The van der Waals surface area contributed by atoms with Crippen LogP contribution >= 0.6 is 23.2 Å². The minimum atomic E-state index is -0.696. The molecule has 2 heterocycles. The summed E-state index contributed by atoms with van der Waals surface area (Å²) in [5, 5.41) is 8.30. The number of likely N-dealkylation sites (N-methyl/N-ethyl adjacent to an activating group) is 1. The van der Waals surface area contributed by atoms with Crippen LogP contribution in [0.3, 0.4) is 0 Å². The molecule has 0 radical (unpaired) electrons. The first-order chi connectivity index (χ1) is 16.2. The van der Waals surface area contributed by atoms with Crippen molar-refractivity contribution in [3.05, 3.63) is 69.5 Å². The normalized spacial score (nSPS) is 15.3. The molecule has 1 saturated heterocycles. The number of halogens is 3. The highest BCUT2D eigenvalue weighted by atomic mass is 35.5. The van der Waals surface area contributed by atoms with Gasteiger partial charge < -0.3 is 20.3 Å². The van der Waals surface area contributed by atoms with E-state index < -0.39 is 11.9 Å². The predicted molar refractivity (Wildman–Crippen MR) is 131 cm³/mol. The SMILES string of the molecule is C[C@@H](Oc1cc(-c2ccc(C(=O)N3CCN(C)CC3)cc2)nnc1N)c1c(Cl)ccc(F)c1Cl. The van der Waals surface area contributed by atoms with Crippen molar-refractivity contribution in [2.24, 2.45) is 0 Å². The van der Waals surface area contributed by atoms with Crippen LogP contribution in [0.25, 0.3) is 11.3 Å². The van der Waals surface area contributed by atoms with Gasteiger partial charge >= 0.3 is 0 Å². The number of rotatable bonds is 5. The van der Waals surface area contributed by atoms with Crippen molar-refractivity contribution in [3.8, 4) is 17.0 Å². The van der Waals surface area contributed by atoms with Crippen molar-refractivity contribution in [3.63, 3.8) is 0 Å². The Morgan fingerprint density at radius 2 is 1.76 bits per heavy atom. The molecule has 4 rings (SSSR count). The van der Waals surface area contributed by atoms with Gasteiger partial charge in [-0.1, -0.05) is 35.3 Å². The molecular weight excluding hydrogens is 480 g/mol. The molecule has 0 unspecified atom stereocenters. The monoisotopic (exact) mass is 503 g/mol. The summed E-state index contributed by atoms with van der Waals surface area (Å²) in [6.07, 6.45) is -0.696. The third-order valence-corrected chi connectivity index (χ3v) is 6.51. The molecule has 3 aromatic rings. The first-order valence-corrected chi connectivity index (χ1v) is 11.5. The standard InChI is InChI=1S/C24H24Cl2FN5O2/c1-14(21-17(25)7-8-18(27)22(21)26)34-20-13-19(29-30-23(20)28)15-3-5-16(6-4-15)24(33)32-11-9-31(2)10-12-32/h3-8,13-14H,9-12H2,1-2H3,(H2,28,30)/t14-/m1/s1. The molecule has 178 valence electrons. The maximum absolute atomic E-state index is 13.9. The van der Waals surface area contributed by atoms with E-state index in [4.69, 9.17) is 33.7 Å². The molecular formula is C24H24Cl2FN5O2. The number of nitrogens with two attached hydrogens (primary N) is 1. The Hall–Kier alpha value is -2.94. The largest absolute Gasteiger partial charge is 0.482 e. The Morgan fingerprint density at radius 3 is 2.44 bits per heavy atom. The van der Waals surface area contributed by atoms with Gasteiger partial charge in [-0.05, 0) is 38.2 Å². The number of carbonyl (C=O) groups is 1. The number of carbonyl (C=O) groups excluding carboxylic acids is 1. The summed E-state index contributed by atoms with van der Waals surface area (Å²) in [6, 6.07) is 11.4. The predicted octanol–water partition coefficient (Wildman–Crippen LogP) is 4.70. The van der Waals surface area contributed by atoms with E-state index in [-0.39, 0.29) is 27.5 Å². The number of piperazine rings is 1. The average molecular weight is 504 g/mol. The summed E-state index contributed by atoms with van der Waals surface area (Å²) in [7, 11) is 2.05. The lowest BCUT2D eigenvalue weighted by molar-refractivity contribution is 0.0664. The molecule has 1 aromatic heterocycles. The first kappa shape index (κ1) is 24.2. The summed E-state index contributed by atoms with van der Waals surface area (Å²) in [5.74, 6) is -0.262. The molecule has 2 aromatic carbocycles. The minimum Gasteiger partial charge on any atom is -0.482 e. The molecule has 0 spiro atoms. The van der Waals surface area contributed by atoms with E-state index in [1.54, 1.807) is 37.3 Å². The highest BCUT2D eigenvalue weighted by Gasteiger charge is 2.22. The number of anilines is 1. The fraction of sp³-hybridized carbons (Fsp3) is 0.292. The fourth-order valence-corrected chi connectivity index (χ4v) is 4.44. The second kappa shape index (κ2) is 10.1. The van der Waals surface area contributed by atoms with E-state index in [9.17, 15) is 9.18 Å². The van der Waals surface area contributed by atoms with Crippen LogP contribution in [-0.4, -0.2) is 59.1 Å². The van der Waals surface area contributed by atoms with Gasteiger partial charge in [-0.3, -0.25) is 4.79 Å². The summed E-state index contributed by atoms with van der Waals surface area (Å²) in [4.78, 5) is 16.8. The van der Waals surface area contributed by atoms with Crippen LogP contribution in [-0.2, 0) is 0 Å². The molecule has 0 bridgehead atoms. The van der Waals surface area contributed by atoms with Crippen molar-refractivity contribution in [1.82, 2.24) is 20.0 Å². The maximum Gasteiger partial charge on any atom is 0.253 e. The van der Waals surface area contributed by atoms with E-state index in [2.05, 4.69) is 15.1 Å². The van der Waals surface area contributed by atoms with Gasteiger partial charge in [-0.2, -0.15) is 0 Å². The average Bonchev–Trinajstić information content (AvgIpc) is 2.83. The number of benzene rings is 2. The number of nitrogen functional groups attached to an aromatic ring is 1. The smallest absolute Gasteiger partial charge is 0.253 e. The molecule has 10 heteroatoms. The molecule has 1 aliphatic heterocycles. The van der Waals surface area contributed by atoms with Crippen molar-refractivity contribution in [2.45, 2.75) is 13.0 Å². The van der Waals surface area contributed by atoms with Gasteiger partial charge in [0.25, 0.3) is 5.91 Å². The van der Waals surface area contributed by atoms with Gasteiger partial charge in [0, 0.05) is 54.0 Å². The van der Waals surface area contributed by atoms with Gasteiger partial charge in [0.15, 0.2) is 11.6 Å². The lowest BCUT2D eigenvalue weighted by atomic mass is 10.1. The fourth-order valence-electron chi connectivity index (χ4n) is 3.76. The number of nitrogens with zero attached hydrogens (tertiary/aromatic N) is 4. The third-order valence-electron chi connectivity index (χ3n) is 5.79. The minimum absolute atomic E-state index is 0.00439. The Morgan fingerprint density at radius 1 is 1.09 bits per heavy atom. The molecule has 34 heavy (non-hydrogen) atoms. The first-order valence-electron chi connectivity index (χ1n) is 10.8.